The maximum Gasteiger partial charge on any atom is 0.0877 e. The molecule has 0 aromatic heterocycles. The summed E-state index contributed by atoms with van der Waals surface area (Å²) in [6.45, 7) is 10.1. The third-order valence-electron chi connectivity index (χ3n) is 4.08. The van der Waals surface area contributed by atoms with E-state index in [1.807, 2.05) is 0 Å². The molecule has 1 aliphatic rings. The Kier molecular flexibility index (Phi) is 6.49. The third kappa shape index (κ3) is 4.99. The summed E-state index contributed by atoms with van der Waals surface area (Å²) in [5, 5.41) is 0. The van der Waals surface area contributed by atoms with Crippen LogP contribution in [0.15, 0.2) is 30.3 Å². The van der Waals surface area contributed by atoms with Crippen molar-refractivity contribution in [1.82, 2.24) is 4.90 Å². The molecule has 0 radical (unpaired) electrons. The number of anilines is 1. The van der Waals surface area contributed by atoms with E-state index in [-0.39, 0.29) is 6.10 Å². The summed E-state index contributed by atoms with van der Waals surface area (Å²) in [7, 11) is 0. The molecular weight excluding hydrogens is 262 g/mol. The van der Waals surface area contributed by atoms with E-state index in [2.05, 4.69) is 54.0 Å². The Labute approximate surface area is 128 Å². The zero-order valence-electron chi connectivity index (χ0n) is 13.4. The number of hydrogen-bond donors (Lipinski definition) is 1. The molecule has 0 bridgehead atoms. The molecule has 1 saturated heterocycles. The number of nitrogens with two attached hydrogens (primary N) is 1. The van der Waals surface area contributed by atoms with Gasteiger partial charge in [0.25, 0.3) is 0 Å². The van der Waals surface area contributed by atoms with Gasteiger partial charge in [0.05, 0.1) is 12.7 Å². The average molecular weight is 291 g/mol. The summed E-state index contributed by atoms with van der Waals surface area (Å²) in [5.74, 6) is 0. The summed E-state index contributed by atoms with van der Waals surface area (Å²) in [5.41, 5.74) is 6.94. The lowest BCUT2D eigenvalue weighted by Gasteiger charge is -2.38. The smallest absolute Gasteiger partial charge is 0.0877 e. The number of morpholine rings is 1. The molecule has 0 aliphatic carbocycles. The average Bonchev–Trinajstić information content (AvgIpc) is 2.52. The summed E-state index contributed by atoms with van der Waals surface area (Å²) < 4.78 is 5.98. The van der Waals surface area contributed by atoms with Gasteiger partial charge in [-0.1, -0.05) is 18.2 Å². The molecule has 0 saturated carbocycles. The molecule has 4 heteroatoms. The maximum absolute atomic E-state index is 5.98. The van der Waals surface area contributed by atoms with Crippen molar-refractivity contribution < 1.29 is 4.74 Å². The summed E-state index contributed by atoms with van der Waals surface area (Å²) in [6.07, 6.45) is 1.29. The van der Waals surface area contributed by atoms with Gasteiger partial charge < -0.3 is 15.4 Å². The first-order chi connectivity index (χ1) is 10.2. The molecule has 2 rings (SSSR count). The first kappa shape index (κ1) is 16.3. The van der Waals surface area contributed by atoms with Gasteiger partial charge in [0.15, 0.2) is 0 Å². The van der Waals surface area contributed by atoms with Crippen molar-refractivity contribution in [3.8, 4) is 0 Å². The minimum atomic E-state index is 0.277. The highest BCUT2D eigenvalue weighted by Crippen LogP contribution is 2.17. The Hall–Kier alpha value is -1.10. The maximum atomic E-state index is 5.98. The van der Waals surface area contributed by atoms with E-state index in [0.717, 1.165) is 45.8 Å². The highest BCUT2D eigenvalue weighted by Gasteiger charge is 2.24. The molecule has 1 heterocycles. The van der Waals surface area contributed by atoms with Crippen molar-refractivity contribution in [3.05, 3.63) is 30.3 Å². The molecule has 1 aliphatic heterocycles. The number of ether oxygens (including phenoxy) is 1. The van der Waals surface area contributed by atoms with Gasteiger partial charge in [0.1, 0.15) is 0 Å². The Morgan fingerprint density at radius 2 is 2.10 bits per heavy atom. The van der Waals surface area contributed by atoms with E-state index in [0.29, 0.717) is 6.04 Å². The molecule has 4 nitrogen and oxygen atoms in total. The van der Waals surface area contributed by atoms with Crippen LogP contribution in [0.5, 0.6) is 0 Å². The molecule has 1 unspecified atom stereocenters. The lowest BCUT2D eigenvalue weighted by atomic mass is 10.2. The molecule has 1 atom stereocenters. The predicted octanol–water partition coefficient (Wildman–Crippen LogP) is 1.95. The number of para-hydroxylation sites is 1. The highest BCUT2D eigenvalue weighted by atomic mass is 16.5. The van der Waals surface area contributed by atoms with Crippen LogP contribution in [0.3, 0.4) is 0 Å². The topological polar surface area (TPSA) is 41.7 Å². The van der Waals surface area contributed by atoms with E-state index < -0.39 is 0 Å². The van der Waals surface area contributed by atoms with Gasteiger partial charge in [-0.05, 0) is 38.9 Å². The Morgan fingerprint density at radius 1 is 1.33 bits per heavy atom. The van der Waals surface area contributed by atoms with Crippen LogP contribution in [-0.4, -0.2) is 56.4 Å². The van der Waals surface area contributed by atoms with E-state index in [9.17, 15) is 0 Å². The second kappa shape index (κ2) is 8.37. The largest absolute Gasteiger partial charge is 0.374 e. The van der Waals surface area contributed by atoms with Crippen molar-refractivity contribution in [3.63, 3.8) is 0 Å². The fourth-order valence-corrected chi connectivity index (χ4v) is 2.81. The fraction of sp³-hybridized carbons (Fsp3) is 0.647. The summed E-state index contributed by atoms with van der Waals surface area (Å²) >= 11 is 0. The van der Waals surface area contributed by atoms with Gasteiger partial charge in [0.2, 0.25) is 0 Å². The van der Waals surface area contributed by atoms with E-state index in [1.165, 1.54) is 5.69 Å². The van der Waals surface area contributed by atoms with Crippen molar-refractivity contribution >= 4 is 5.69 Å². The highest BCUT2D eigenvalue weighted by molar-refractivity contribution is 5.46. The zero-order chi connectivity index (χ0) is 15.1. The molecule has 1 fully saturated rings. The molecule has 21 heavy (non-hydrogen) atoms. The minimum Gasteiger partial charge on any atom is -0.374 e. The summed E-state index contributed by atoms with van der Waals surface area (Å²) in [4.78, 5) is 4.90. The monoisotopic (exact) mass is 291 g/mol. The number of nitrogens with zero attached hydrogens (tertiary/aromatic N) is 2. The lowest BCUT2D eigenvalue weighted by molar-refractivity contribution is -0.0342. The first-order valence-electron chi connectivity index (χ1n) is 8.06. The van der Waals surface area contributed by atoms with Crippen molar-refractivity contribution in [2.75, 3.05) is 44.2 Å². The van der Waals surface area contributed by atoms with Crippen LogP contribution >= 0.6 is 0 Å². The molecule has 1 aromatic rings. The summed E-state index contributed by atoms with van der Waals surface area (Å²) in [6, 6.07) is 11.2. The number of benzene rings is 1. The van der Waals surface area contributed by atoms with E-state index in [1.54, 1.807) is 0 Å². The van der Waals surface area contributed by atoms with Crippen molar-refractivity contribution in [2.45, 2.75) is 32.4 Å². The van der Waals surface area contributed by atoms with Crippen molar-refractivity contribution in [2.24, 2.45) is 5.73 Å². The van der Waals surface area contributed by atoms with Crippen LogP contribution in [0.4, 0.5) is 5.69 Å². The lowest BCUT2D eigenvalue weighted by Crippen LogP contribution is -2.50. The van der Waals surface area contributed by atoms with Gasteiger partial charge in [-0.2, -0.15) is 0 Å². The predicted molar refractivity (Wildman–Crippen MR) is 88.8 cm³/mol. The second-order valence-corrected chi connectivity index (χ2v) is 6.01. The van der Waals surface area contributed by atoms with E-state index >= 15 is 0 Å². The Balaban J connectivity index is 1.98. The first-order valence-corrected chi connectivity index (χ1v) is 8.06. The van der Waals surface area contributed by atoms with E-state index in [4.69, 9.17) is 10.5 Å². The van der Waals surface area contributed by atoms with Crippen molar-refractivity contribution in [1.29, 1.82) is 0 Å². The number of hydrogen-bond acceptors (Lipinski definition) is 4. The molecule has 0 spiro atoms. The standard InChI is InChI=1S/C17H29N3O/c1-15(2)19-11-12-21-17(13-19)14-20(10-6-9-18)16-7-4-3-5-8-16/h3-5,7-8,15,17H,6,9-14,18H2,1-2H3. The second-order valence-electron chi connectivity index (χ2n) is 6.01. The minimum absolute atomic E-state index is 0.277. The SMILES string of the molecule is CC(C)N1CCOC(CN(CCCN)c2ccccc2)C1. The van der Waals surface area contributed by atoms with Crippen LogP contribution < -0.4 is 10.6 Å². The Morgan fingerprint density at radius 3 is 2.76 bits per heavy atom. The molecule has 2 N–H and O–H groups in total. The third-order valence-corrected chi connectivity index (χ3v) is 4.08. The molecule has 118 valence electrons. The van der Waals surface area contributed by atoms with Gasteiger partial charge in [0, 0.05) is 37.9 Å². The van der Waals surface area contributed by atoms with Crippen LogP contribution in [0.25, 0.3) is 0 Å². The fourth-order valence-electron chi connectivity index (χ4n) is 2.81. The molecule has 1 aromatic carbocycles. The van der Waals surface area contributed by atoms with Gasteiger partial charge in [-0.15, -0.1) is 0 Å². The number of rotatable bonds is 7. The van der Waals surface area contributed by atoms with Crippen LogP contribution in [0.2, 0.25) is 0 Å². The normalized spacial score (nSPS) is 19.9. The van der Waals surface area contributed by atoms with Crippen LogP contribution in [0.1, 0.15) is 20.3 Å². The van der Waals surface area contributed by atoms with Crippen LogP contribution in [-0.2, 0) is 4.74 Å². The van der Waals surface area contributed by atoms with Gasteiger partial charge in [-0.25, -0.2) is 0 Å². The molecule has 0 amide bonds. The molecular formula is C17H29N3O. The zero-order valence-corrected chi connectivity index (χ0v) is 13.4. The quantitative estimate of drug-likeness (QED) is 0.834. The van der Waals surface area contributed by atoms with Gasteiger partial charge in [-0.3, -0.25) is 4.90 Å². The van der Waals surface area contributed by atoms with Gasteiger partial charge >= 0.3 is 0 Å². The van der Waals surface area contributed by atoms with Crippen LogP contribution in [0, 0.1) is 0 Å². The Bertz CT molecular complexity index is 396.